The Hall–Kier alpha value is -0.740. The summed E-state index contributed by atoms with van der Waals surface area (Å²) in [6, 6.07) is 1.41. The molecule has 1 heterocycles. The summed E-state index contributed by atoms with van der Waals surface area (Å²) in [4.78, 5) is 3.50. The third-order valence-corrected chi connectivity index (χ3v) is 2.02. The molecule has 0 fully saturated rings. The highest BCUT2D eigenvalue weighted by molar-refractivity contribution is 6.30. The Morgan fingerprint density at radius 1 is 1.62 bits per heavy atom. The highest BCUT2D eigenvalue weighted by Gasteiger charge is 2.16. The zero-order valence-electron chi connectivity index (χ0n) is 6.89. The number of aliphatic hydroxyl groups is 1. The lowest BCUT2D eigenvalue weighted by Gasteiger charge is -2.07. The van der Waals surface area contributed by atoms with Crippen molar-refractivity contribution in [1.82, 2.24) is 4.98 Å². The first-order valence-corrected chi connectivity index (χ1v) is 3.99. The molecule has 0 aliphatic rings. The van der Waals surface area contributed by atoms with Gasteiger partial charge in [-0.15, -0.1) is 0 Å². The third-order valence-electron chi connectivity index (χ3n) is 1.64. The van der Waals surface area contributed by atoms with E-state index in [1.165, 1.54) is 6.07 Å². The van der Waals surface area contributed by atoms with Crippen LogP contribution in [0.25, 0.3) is 0 Å². The summed E-state index contributed by atoms with van der Waals surface area (Å²) in [7, 11) is 0. The van der Waals surface area contributed by atoms with Crippen LogP contribution in [-0.2, 0) is 6.61 Å². The average Bonchev–Trinajstić information content (AvgIpc) is 2.08. The monoisotopic (exact) mass is 207 g/mol. The Morgan fingerprint density at radius 2 is 2.23 bits per heavy atom. The van der Waals surface area contributed by atoms with Crippen LogP contribution >= 0.6 is 11.6 Å². The highest BCUT2D eigenvalue weighted by Crippen LogP contribution is 2.25. The lowest BCUT2D eigenvalue weighted by molar-refractivity contribution is 0.141. The maximum absolute atomic E-state index is 12.3. The molecule has 1 aromatic rings. The van der Waals surface area contributed by atoms with Gasteiger partial charge in [-0.25, -0.2) is 13.8 Å². The van der Waals surface area contributed by atoms with E-state index in [1.807, 2.05) is 0 Å². The van der Waals surface area contributed by atoms with Gasteiger partial charge in [-0.2, -0.15) is 0 Å². The summed E-state index contributed by atoms with van der Waals surface area (Å²) in [5.41, 5.74) is 0.255. The minimum Gasteiger partial charge on any atom is -0.392 e. The summed E-state index contributed by atoms with van der Waals surface area (Å²) in [5.74, 6) is 0. The van der Waals surface area contributed by atoms with Crippen molar-refractivity contribution in [3.05, 3.63) is 28.0 Å². The number of hydrogen-bond acceptors (Lipinski definition) is 2. The predicted octanol–water partition coefficient (Wildman–Crippen LogP) is 2.47. The molecule has 0 saturated heterocycles. The van der Waals surface area contributed by atoms with Crippen LogP contribution in [0.1, 0.15) is 23.2 Å². The third kappa shape index (κ3) is 2.14. The zero-order valence-corrected chi connectivity index (χ0v) is 7.65. The predicted molar refractivity (Wildman–Crippen MR) is 44.9 cm³/mol. The fourth-order valence-corrected chi connectivity index (χ4v) is 1.12. The van der Waals surface area contributed by atoms with E-state index in [4.69, 9.17) is 16.7 Å². The number of hydrogen-bond donors (Lipinski definition) is 1. The molecule has 0 amide bonds. The lowest BCUT2D eigenvalue weighted by Crippen LogP contribution is -2.00. The number of pyridine rings is 1. The number of aromatic nitrogens is 1. The van der Waals surface area contributed by atoms with Gasteiger partial charge < -0.3 is 5.11 Å². The largest absolute Gasteiger partial charge is 0.392 e. The van der Waals surface area contributed by atoms with Gasteiger partial charge in [0.2, 0.25) is 0 Å². The van der Waals surface area contributed by atoms with Gasteiger partial charge in [-0.1, -0.05) is 11.6 Å². The van der Waals surface area contributed by atoms with Crippen molar-refractivity contribution in [2.24, 2.45) is 0 Å². The van der Waals surface area contributed by atoms with Crippen molar-refractivity contribution in [2.45, 2.75) is 20.0 Å². The maximum Gasteiger partial charge on any atom is 0.280 e. The van der Waals surface area contributed by atoms with E-state index < -0.39 is 18.7 Å². The van der Waals surface area contributed by atoms with Crippen molar-refractivity contribution >= 4 is 11.6 Å². The van der Waals surface area contributed by atoms with E-state index in [9.17, 15) is 8.78 Å². The molecule has 1 aromatic heterocycles. The van der Waals surface area contributed by atoms with Crippen molar-refractivity contribution in [2.75, 3.05) is 0 Å². The van der Waals surface area contributed by atoms with E-state index in [0.717, 1.165) is 0 Å². The number of aliphatic hydroxyl groups excluding tert-OH is 1. The molecule has 13 heavy (non-hydrogen) atoms. The molecule has 0 unspecified atom stereocenters. The quantitative estimate of drug-likeness (QED) is 0.756. The molecular weight excluding hydrogens is 200 g/mol. The lowest BCUT2D eigenvalue weighted by atomic mass is 10.1. The molecule has 72 valence electrons. The second kappa shape index (κ2) is 3.98. The fraction of sp³-hybridized carbons (Fsp3) is 0.375. The van der Waals surface area contributed by atoms with Crippen molar-refractivity contribution in [3.8, 4) is 0 Å². The molecule has 0 saturated carbocycles. The number of rotatable bonds is 2. The molecule has 0 atom stereocenters. The van der Waals surface area contributed by atoms with Crippen molar-refractivity contribution < 1.29 is 13.9 Å². The van der Waals surface area contributed by atoms with E-state index >= 15 is 0 Å². The number of alkyl halides is 2. The van der Waals surface area contributed by atoms with Crippen LogP contribution in [0.4, 0.5) is 8.78 Å². The molecule has 1 rings (SSSR count). The molecule has 0 aliphatic carbocycles. The van der Waals surface area contributed by atoms with E-state index in [0.29, 0.717) is 5.56 Å². The molecule has 2 nitrogen and oxygen atoms in total. The standard InChI is InChI=1S/C8H8ClF2NO/c1-4-2-5(3-13)6(8(10)11)12-7(4)9/h2,8,13H,3H2,1H3. The van der Waals surface area contributed by atoms with Crippen LogP contribution in [0, 0.1) is 6.92 Å². The molecule has 0 aliphatic heterocycles. The van der Waals surface area contributed by atoms with Crippen LogP contribution in [0.5, 0.6) is 0 Å². The molecule has 0 bridgehead atoms. The van der Waals surface area contributed by atoms with Gasteiger partial charge in [0.1, 0.15) is 10.8 Å². The van der Waals surface area contributed by atoms with Gasteiger partial charge in [-0.3, -0.25) is 0 Å². The Kier molecular flexibility index (Phi) is 3.17. The van der Waals surface area contributed by atoms with Crippen LogP contribution in [0.3, 0.4) is 0 Å². The zero-order chi connectivity index (χ0) is 10.0. The Morgan fingerprint density at radius 3 is 2.69 bits per heavy atom. The topological polar surface area (TPSA) is 33.1 Å². The summed E-state index contributed by atoms with van der Waals surface area (Å²) >= 11 is 5.56. The summed E-state index contributed by atoms with van der Waals surface area (Å²) in [6.45, 7) is 1.19. The van der Waals surface area contributed by atoms with Crippen molar-refractivity contribution in [3.63, 3.8) is 0 Å². The minimum absolute atomic E-state index is 0.0486. The Labute approximate surface area is 79.2 Å². The van der Waals surface area contributed by atoms with E-state index in [-0.39, 0.29) is 10.7 Å². The Bertz CT molecular complexity index is 317. The smallest absolute Gasteiger partial charge is 0.280 e. The summed E-state index contributed by atoms with van der Waals surface area (Å²) in [5, 5.41) is 8.81. The van der Waals surface area contributed by atoms with E-state index in [1.54, 1.807) is 6.92 Å². The van der Waals surface area contributed by atoms with E-state index in [2.05, 4.69) is 4.98 Å². The molecule has 5 heteroatoms. The SMILES string of the molecule is Cc1cc(CO)c(C(F)F)nc1Cl. The van der Waals surface area contributed by atoms with Gasteiger partial charge in [0.25, 0.3) is 6.43 Å². The van der Waals surface area contributed by atoms with Crippen LogP contribution in [0.15, 0.2) is 6.07 Å². The first kappa shape index (κ1) is 10.3. The minimum atomic E-state index is -2.71. The van der Waals surface area contributed by atoms with Gasteiger partial charge in [-0.05, 0) is 18.6 Å². The summed E-state index contributed by atoms with van der Waals surface area (Å²) < 4.78 is 24.6. The van der Waals surface area contributed by atoms with Crippen LogP contribution < -0.4 is 0 Å². The highest BCUT2D eigenvalue weighted by atomic mass is 35.5. The number of nitrogens with zero attached hydrogens (tertiary/aromatic N) is 1. The molecule has 0 spiro atoms. The van der Waals surface area contributed by atoms with Gasteiger partial charge in [0, 0.05) is 5.56 Å². The molecular formula is C8H8ClF2NO. The molecule has 0 aromatic carbocycles. The second-order valence-corrected chi connectivity index (χ2v) is 2.96. The first-order chi connectivity index (χ1) is 6.06. The normalized spacial score (nSPS) is 10.9. The average molecular weight is 208 g/mol. The van der Waals surface area contributed by atoms with Gasteiger partial charge in [0.15, 0.2) is 0 Å². The fourth-order valence-electron chi connectivity index (χ4n) is 0.976. The van der Waals surface area contributed by atoms with Gasteiger partial charge in [0.05, 0.1) is 6.61 Å². The second-order valence-electron chi connectivity index (χ2n) is 2.60. The first-order valence-electron chi connectivity index (χ1n) is 3.61. The summed E-state index contributed by atoms with van der Waals surface area (Å²) in [6.07, 6.45) is -2.71. The Balaban J connectivity index is 3.25. The van der Waals surface area contributed by atoms with Crippen molar-refractivity contribution in [1.29, 1.82) is 0 Å². The number of aryl methyl sites for hydroxylation is 1. The molecule has 0 radical (unpaired) electrons. The van der Waals surface area contributed by atoms with Crippen LogP contribution in [-0.4, -0.2) is 10.1 Å². The maximum atomic E-state index is 12.3. The van der Waals surface area contributed by atoms with Gasteiger partial charge >= 0.3 is 0 Å². The van der Waals surface area contributed by atoms with Crippen LogP contribution in [0.2, 0.25) is 5.15 Å². The molecule has 1 N–H and O–H groups in total. The number of halogens is 3.